The number of benzene rings is 1. The number of ether oxygens (including phenoxy) is 1. The van der Waals surface area contributed by atoms with Crippen molar-refractivity contribution in [3.05, 3.63) is 23.8 Å². The molecule has 96 valence electrons. The fourth-order valence-electron chi connectivity index (χ4n) is 1.31. The largest absolute Gasteiger partial charge is 0.495 e. The molecule has 0 fully saturated rings. The van der Waals surface area contributed by atoms with Crippen LogP contribution in [0.15, 0.2) is 23.1 Å². The highest BCUT2D eigenvalue weighted by molar-refractivity contribution is 8.13. The molecule has 8 heteroatoms. The highest BCUT2D eigenvalue weighted by atomic mass is 35.7. The average molecular weight is 299 g/mol. The zero-order valence-corrected chi connectivity index (χ0v) is 11.6. The standard InChI is InChI=1S/C9H11ClO5S2/c1-15-8-5-7(6-17(10,13)14)3-4-9(8)16(2,11)12/h3-5H,6H2,1-2H3. The molecule has 0 bridgehead atoms. The quantitative estimate of drug-likeness (QED) is 0.780. The Morgan fingerprint density at radius 3 is 2.24 bits per heavy atom. The maximum Gasteiger partial charge on any atom is 0.236 e. The molecule has 0 aromatic heterocycles. The molecule has 0 radical (unpaired) electrons. The number of sulfone groups is 1. The van der Waals surface area contributed by atoms with Gasteiger partial charge in [-0.1, -0.05) is 6.07 Å². The molecule has 1 aromatic carbocycles. The Morgan fingerprint density at radius 1 is 1.24 bits per heavy atom. The second-order valence-corrected chi connectivity index (χ2v) is 8.20. The van der Waals surface area contributed by atoms with Crippen LogP contribution in [0.25, 0.3) is 0 Å². The molecular formula is C9H11ClO5S2. The summed E-state index contributed by atoms with van der Waals surface area (Å²) < 4.78 is 49.5. The number of rotatable bonds is 4. The molecule has 0 spiro atoms. The van der Waals surface area contributed by atoms with E-state index < -0.39 is 18.9 Å². The second kappa shape index (κ2) is 4.83. The Kier molecular flexibility index (Phi) is 4.06. The first-order valence-corrected chi connectivity index (χ1v) is 8.80. The lowest BCUT2D eigenvalue weighted by Crippen LogP contribution is -2.02. The molecule has 5 nitrogen and oxygen atoms in total. The first-order chi connectivity index (χ1) is 7.63. The minimum Gasteiger partial charge on any atom is -0.495 e. The summed E-state index contributed by atoms with van der Waals surface area (Å²) in [5.74, 6) is -0.278. The molecule has 1 aromatic rings. The number of hydrogen-bond donors (Lipinski definition) is 0. The molecule has 0 saturated heterocycles. The van der Waals surface area contributed by atoms with E-state index in [1.165, 1.54) is 25.3 Å². The lowest BCUT2D eigenvalue weighted by atomic mass is 10.2. The first-order valence-electron chi connectivity index (χ1n) is 4.43. The maximum absolute atomic E-state index is 11.4. The molecule has 1 rings (SSSR count). The summed E-state index contributed by atoms with van der Waals surface area (Å²) in [5, 5.41) is 0. The molecule has 0 atom stereocenters. The SMILES string of the molecule is COc1cc(CS(=O)(=O)Cl)ccc1S(C)(=O)=O. The van der Waals surface area contributed by atoms with Crippen molar-refractivity contribution >= 4 is 29.6 Å². The number of methoxy groups -OCH3 is 1. The van der Waals surface area contributed by atoms with Gasteiger partial charge in [-0.25, -0.2) is 16.8 Å². The van der Waals surface area contributed by atoms with Crippen LogP contribution < -0.4 is 4.74 Å². The monoisotopic (exact) mass is 298 g/mol. The minimum absolute atomic E-state index is 0.00993. The van der Waals surface area contributed by atoms with Gasteiger partial charge < -0.3 is 4.74 Å². The second-order valence-electron chi connectivity index (χ2n) is 3.44. The van der Waals surface area contributed by atoms with Crippen molar-refractivity contribution in [1.29, 1.82) is 0 Å². The van der Waals surface area contributed by atoms with Gasteiger partial charge in [-0.2, -0.15) is 0 Å². The minimum atomic E-state index is -3.68. The van der Waals surface area contributed by atoms with Crippen LogP contribution in [-0.2, 0) is 24.6 Å². The van der Waals surface area contributed by atoms with Gasteiger partial charge in [-0.3, -0.25) is 0 Å². The Balaban J connectivity index is 3.28. The van der Waals surface area contributed by atoms with Gasteiger partial charge >= 0.3 is 0 Å². The van der Waals surface area contributed by atoms with E-state index in [0.29, 0.717) is 5.56 Å². The molecule has 0 amide bonds. The average Bonchev–Trinajstić information content (AvgIpc) is 2.13. The fourth-order valence-corrected chi connectivity index (χ4v) is 3.09. The van der Waals surface area contributed by atoms with Gasteiger partial charge in [0.2, 0.25) is 9.05 Å². The van der Waals surface area contributed by atoms with Gasteiger partial charge in [0.25, 0.3) is 0 Å². The van der Waals surface area contributed by atoms with E-state index in [1.54, 1.807) is 0 Å². The van der Waals surface area contributed by atoms with Crippen molar-refractivity contribution in [2.75, 3.05) is 13.4 Å². The van der Waals surface area contributed by atoms with Crippen LogP contribution in [0.2, 0.25) is 0 Å². The lowest BCUT2D eigenvalue weighted by molar-refractivity contribution is 0.402. The van der Waals surface area contributed by atoms with Crippen LogP contribution in [0.4, 0.5) is 0 Å². The Hall–Kier alpha value is -0.790. The summed E-state index contributed by atoms with van der Waals surface area (Å²) in [5.41, 5.74) is 0.365. The Morgan fingerprint density at radius 2 is 1.82 bits per heavy atom. The van der Waals surface area contributed by atoms with Crippen LogP contribution in [0, 0.1) is 0 Å². The smallest absolute Gasteiger partial charge is 0.236 e. The summed E-state index contributed by atoms with van der Waals surface area (Å²) in [6.07, 6.45) is 1.04. The molecule has 0 aliphatic carbocycles. The van der Waals surface area contributed by atoms with E-state index in [9.17, 15) is 16.8 Å². The molecule has 0 N–H and O–H groups in total. The van der Waals surface area contributed by atoms with Crippen molar-refractivity contribution < 1.29 is 21.6 Å². The molecule has 17 heavy (non-hydrogen) atoms. The van der Waals surface area contributed by atoms with Crippen LogP contribution in [0.5, 0.6) is 5.75 Å². The van der Waals surface area contributed by atoms with Crippen LogP contribution in [-0.4, -0.2) is 30.2 Å². The third-order valence-electron chi connectivity index (χ3n) is 1.97. The fraction of sp³-hybridized carbons (Fsp3) is 0.333. The van der Waals surface area contributed by atoms with Gasteiger partial charge in [0.1, 0.15) is 10.6 Å². The van der Waals surface area contributed by atoms with Gasteiger partial charge in [-0.05, 0) is 17.7 Å². The molecule has 0 heterocycles. The van der Waals surface area contributed by atoms with E-state index in [-0.39, 0.29) is 16.4 Å². The lowest BCUT2D eigenvalue weighted by Gasteiger charge is -2.08. The molecule has 0 aliphatic rings. The van der Waals surface area contributed by atoms with Gasteiger partial charge in [0, 0.05) is 16.9 Å². The number of hydrogen-bond acceptors (Lipinski definition) is 5. The van der Waals surface area contributed by atoms with Gasteiger partial charge in [0.15, 0.2) is 9.84 Å². The summed E-state index contributed by atoms with van der Waals surface area (Å²) in [7, 11) is -0.682. The molecule has 0 unspecified atom stereocenters. The first kappa shape index (κ1) is 14.3. The highest BCUT2D eigenvalue weighted by Gasteiger charge is 2.16. The van der Waals surface area contributed by atoms with E-state index >= 15 is 0 Å². The molecular weight excluding hydrogens is 288 g/mol. The van der Waals surface area contributed by atoms with Crippen LogP contribution in [0.3, 0.4) is 0 Å². The van der Waals surface area contributed by atoms with Crippen LogP contribution >= 0.6 is 10.7 Å². The third kappa shape index (κ3) is 4.18. The highest BCUT2D eigenvalue weighted by Crippen LogP contribution is 2.26. The zero-order chi connectivity index (χ0) is 13.3. The molecule has 0 saturated carbocycles. The van der Waals surface area contributed by atoms with Crippen molar-refractivity contribution in [3.63, 3.8) is 0 Å². The maximum atomic E-state index is 11.4. The normalized spacial score (nSPS) is 12.4. The third-order valence-corrected chi connectivity index (χ3v) is 4.11. The predicted octanol–water partition coefficient (Wildman–Crippen LogP) is 1.17. The Labute approximate surface area is 105 Å². The Bertz CT molecular complexity index is 619. The predicted molar refractivity (Wildman–Crippen MR) is 64.6 cm³/mol. The summed E-state index contributed by atoms with van der Waals surface area (Å²) in [6.45, 7) is 0. The van der Waals surface area contributed by atoms with Crippen LogP contribution in [0.1, 0.15) is 5.56 Å². The van der Waals surface area contributed by atoms with Crippen molar-refractivity contribution in [3.8, 4) is 5.75 Å². The van der Waals surface area contributed by atoms with Crippen molar-refractivity contribution in [2.24, 2.45) is 0 Å². The van der Waals surface area contributed by atoms with E-state index in [0.717, 1.165) is 6.26 Å². The van der Waals surface area contributed by atoms with Crippen molar-refractivity contribution in [2.45, 2.75) is 10.6 Å². The number of halogens is 1. The molecule has 0 aliphatic heterocycles. The van der Waals surface area contributed by atoms with E-state index in [1.807, 2.05) is 0 Å². The van der Waals surface area contributed by atoms with E-state index in [2.05, 4.69) is 0 Å². The topological polar surface area (TPSA) is 77.5 Å². The van der Waals surface area contributed by atoms with Crippen molar-refractivity contribution in [1.82, 2.24) is 0 Å². The van der Waals surface area contributed by atoms with Gasteiger partial charge in [-0.15, -0.1) is 0 Å². The summed E-state index contributed by atoms with van der Waals surface area (Å²) >= 11 is 0. The van der Waals surface area contributed by atoms with Gasteiger partial charge in [0.05, 0.1) is 12.9 Å². The summed E-state index contributed by atoms with van der Waals surface area (Å²) in [4.78, 5) is 0.00993. The zero-order valence-electron chi connectivity index (χ0n) is 9.17. The summed E-state index contributed by atoms with van der Waals surface area (Å²) in [6, 6.07) is 4.03. The van der Waals surface area contributed by atoms with E-state index in [4.69, 9.17) is 15.4 Å².